The molecule has 0 aromatic heterocycles. The predicted molar refractivity (Wildman–Crippen MR) is 60.4 cm³/mol. The molecule has 76 valence electrons. The lowest BCUT2D eigenvalue weighted by atomic mass is 10.0. The minimum atomic E-state index is 0.634. The Bertz CT molecular complexity index is 327. The van der Waals surface area contributed by atoms with E-state index >= 15 is 0 Å². The Hall–Kier alpha value is -0.670. The Morgan fingerprint density at radius 1 is 1.57 bits per heavy atom. The molecule has 1 atom stereocenters. The van der Waals surface area contributed by atoms with Crippen LogP contribution in [-0.4, -0.2) is 26.5 Å². The summed E-state index contributed by atoms with van der Waals surface area (Å²) in [6.45, 7) is 1.05. The number of methoxy groups -OCH3 is 1. The Morgan fingerprint density at radius 2 is 2.43 bits per heavy atom. The number of rotatable bonds is 3. The van der Waals surface area contributed by atoms with Gasteiger partial charge in [0.15, 0.2) is 0 Å². The summed E-state index contributed by atoms with van der Waals surface area (Å²) in [6.07, 6.45) is 0. The van der Waals surface area contributed by atoms with E-state index in [1.54, 1.807) is 7.11 Å². The Balaban J connectivity index is 2.31. The van der Waals surface area contributed by atoms with Crippen molar-refractivity contribution in [1.82, 2.24) is 5.32 Å². The lowest BCUT2D eigenvalue weighted by Crippen LogP contribution is -2.16. The first-order valence-electron chi connectivity index (χ1n) is 4.81. The van der Waals surface area contributed by atoms with Gasteiger partial charge >= 0.3 is 0 Å². The van der Waals surface area contributed by atoms with Gasteiger partial charge in [-0.15, -0.1) is 11.8 Å². The van der Waals surface area contributed by atoms with E-state index in [4.69, 9.17) is 4.74 Å². The third kappa shape index (κ3) is 1.62. The van der Waals surface area contributed by atoms with Crippen LogP contribution in [0.2, 0.25) is 0 Å². The molecule has 0 aliphatic carbocycles. The second-order valence-electron chi connectivity index (χ2n) is 3.44. The normalized spacial score (nSPS) is 19.4. The van der Waals surface area contributed by atoms with E-state index in [0.717, 1.165) is 18.0 Å². The molecule has 0 fully saturated rings. The standard InChI is InChI=1S/C11H15NOS/c1-12-6-8-7-14-11-9(8)4-3-5-10(11)13-2/h3-5,8,12H,6-7H2,1-2H3. The Morgan fingerprint density at radius 3 is 3.14 bits per heavy atom. The van der Waals surface area contributed by atoms with Gasteiger partial charge in [-0.1, -0.05) is 12.1 Å². The zero-order valence-electron chi connectivity index (χ0n) is 8.54. The van der Waals surface area contributed by atoms with Gasteiger partial charge in [-0.3, -0.25) is 0 Å². The Kier molecular flexibility index (Phi) is 2.99. The highest BCUT2D eigenvalue weighted by Gasteiger charge is 2.24. The molecule has 1 N–H and O–H groups in total. The number of ether oxygens (including phenoxy) is 1. The van der Waals surface area contributed by atoms with Crippen molar-refractivity contribution in [2.75, 3.05) is 26.5 Å². The summed E-state index contributed by atoms with van der Waals surface area (Å²) >= 11 is 1.90. The third-order valence-electron chi connectivity index (χ3n) is 2.55. The van der Waals surface area contributed by atoms with Crippen molar-refractivity contribution in [1.29, 1.82) is 0 Å². The molecule has 3 heteroatoms. The summed E-state index contributed by atoms with van der Waals surface area (Å²) in [5.41, 5.74) is 1.43. The van der Waals surface area contributed by atoms with Gasteiger partial charge < -0.3 is 10.1 Å². The van der Waals surface area contributed by atoms with Crippen molar-refractivity contribution in [2.45, 2.75) is 10.8 Å². The van der Waals surface area contributed by atoms with Gasteiger partial charge in [0.2, 0.25) is 0 Å². The summed E-state index contributed by atoms with van der Waals surface area (Å²) in [5.74, 6) is 2.82. The maximum atomic E-state index is 5.34. The van der Waals surface area contributed by atoms with E-state index in [1.165, 1.54) is 10.5 Å². The molecule has 1 aromatic carbocycles. The number of thioether (sulfide) groups is 1. The van der Waals surface area contributed by atoms with Gasteiger partial charge in [-0.25, -0.2) is 0 Å². The highest BCUT2D eigenvalue weighted by Crippen LogP contribution is 2.44. The van der Waals surface area contributed by atoms with Gasteiger partial charge in [0.05, 0.1) is 12.0 Å². The SMILES string of the molecule is CNCC1CSc2c(OC)cccc21. The van der Waals surface area contributed by atoms with Crippen LogP contribution in [0, 0.1) is 0 Å². The molecule has 0 radical (unpaired) electrons. The number of nitrogens with one attached hydrogen (secondary N) is 1. The first-order chi connectivity index (χ1) is 6.86. The fourth-order valence-corrected chi connectivity index (χ4v) is 3.22. The molecule has 0 saturated heterocycles. The largest absolute Gasteiger partial charge is 0.496 e. The van der Waals surface area contributed by atoms with E-state index in [9.17, 15) is 0 Å². The fraction of sp³-hybridized carbons (Fsp3) is 0.455. The number of hydrogen-bond acceptors (Lipinski definition) is 3. The van der Waals surface area contributed by atoms with Crippen molar-refractivity contribution < 1.29 is 4.74 Å². The molecule has 0 amide bonds. The van der Waals surface area contributed by atoms with Crippen molar-refractivity contribution in [3.05, 3.63) is 23.8 Å². The van der Waals surface area contributed by atoms with E-state index in [-0.39, 0.29) is 0 Å². The van der Waals surface area contributed by atoms with Crippen LogP contribution in [0.3, 0.4) is 0 Å². The van der Waals surface area contributed by atoms with E-state index in [1.807, 2.05) is 24.9 Å². The highest BCUT2D eigenvalue weighted by atomic mass is 32.2. The maximum absolute atomic E-state index is 5.34. The Labute approximate surface area is 89.0 Å². The monoisotopic (exact) mass is 209 g/mol. The summed E-state index contributed by atoms with van der Waals surface area (Å²) in [5, 5.41) is 3.23. The first kappa shape index (κ1) is 9.87. The zero-order valence-corrected chi connectivity index (χ0v) is 9.36. The van der Waals surface area contributed by atoms with E-state index in [0.29, 0.717) is 5.92 Å². The van der Waals surface area contributed by atoms with E-state index in [2.05, 4.69) is 17.4 Å². The molecule has 1 heterocycles. The molecule has 0 spiro atoms. The van der Waals surface area contributed by atoms with Crippen LogP contribution in [0.5, 0.6) is 5.75 Å². The number of benzene rings is 1. The van der Waals surface area contributed by atoms with Gasteiger partial charge in [0.1, 0.15) is 5.75 Å². The van der Waals surface area contributed by atoms with Crippen LogP contribution < -0.4 is 10.1 Å². The molecule has 1 unspecified atom stereocenters. The van der Waals surface area contributed by atoms with Crippen molar-refractivity contribution in [3.8, 4) is 5.75 Å². The summed E-state index contributed by atoms with van der Waals surface area (Å²) < 4.78 is 5.34. The molecule has 0 bridgehead atoms. The highest BCUT2D eigenvalue weighted by molar-refractivity contribution is 7.99. The maximum Gasteiger partial charge on any atom is 0.132 e. The van der Waals surface area contributed by atoms with E-state index < -0.39 is 0 Å². The van der Waals surface area contributed by atoms with Crippen LogP contribution in [0.15, 0.2) is 23.1 Å². The topological polar surface area (TPSA) is 21.3 Å². The zero-order chi connectivity index (χ0) is 9.97. The number of hydrogen-bond donors (Lipinski definition) is 1. The van der Waals surface area contributed by atoms with Crippen molar-refractivity contribution in [2.24, 2.45) is 0 Å². The smallest absolute Gasteiger partial charge is 0.132 e. The average Bonchev–Trinajstić information content (AvgIpc) is 2.62. The third-order valence-corrected chi connectivity index (χ3v) is 3.84. The molecule has 2 nitrogen and oxygen atoms in total. The molecular formula is C11H15NOS. The molecule has 14 heavy (non-hydrogen) atoms. The molecule has 2 rings (SSSR count). The second-order valence-corrected chi connectivity index (χ2v) is 4.47. The van der Waals surface area contributed by atoms with Gasteiger partial charge in [0, 0.05) is 18.2 Å². The van der Waals surface area contributed by atoms with Crippen LogP contribution in [0.1, 0.15) is 11.5 Å². The van der Waals surface area contributed by atoms with Gasteiger partial charge in [0.25, 0.3) is 0 Å². The molecule has 1 aromatic rings. The quantitative estimate of drug-likeness (QED) is 0.823. The lowest BCUT2D eigenvalue weighted by molar-refractivity contribution is 0.404. The molecule has 1 aliphatic rings. The summed E-state index contributed by atoms with van der Waals surface area (Å²) in [7, 11) is 3.74. The minimum Gasteiger partial charge on any atom is -0.496 e. The predicted octanol–water partition coefficient (Wildman–Crippen LogP) is 2.10. The fourth-order valence-electron chi connectivity index (χ4n) is 1.86. The lowest BCUT2D eigenvalue weighted by Gasteiger charge is -2.10. The first-order valence-corrected chi connectivity index (χ1v) is 5.79. The minimum absolute atomic E-state index is 0.634. The van der Waals surface area contributed by atoms with Crippen LogP contribution in [0.25, 0.3) is 0 Å². The van der Waals surface area contributed by atoms with Crippen molar-refractivity contribution >= 4 is 11.8 Å². The van der Waals surface area contributed by atoms with Crippen LogP contribution >= 0.6 is 11.8 Å². The molecule has 1 aliphatic heterocycles. The van der Waals surface area contributed by atoms with Crippen molar-refractivity contribution in [3.63, 3.8) is 0 Å². The molecular weight excluding hydrogens is 194 g/mol. The number of fused-ring (bicyclic) bond motifs is 1. The summed E-state index contributed by atoms with van der Waals surface area (Å²) in [6, 6.07) is 6.32. The summed E-state index contributed by atoms with van der Waals surface area (Å²) in [4.78, 5) is 1.33. The van der Waals surface area contributed by atoms with Gasteiger partial charge in [-0.05, 0) is 18.7 Å². The molecule has 0 saturated carbocycles. The van der Waals surface area contributed by atoms with Gasteiger partial charge in [-0.2, -0.15) is 0 Å². The average molecular weight is 209 g/mol. The number of likely N-dealkylation sites (N-methyl/N-ethyl adjacent to an activating group) is 1. The second kappa shape index (κ2) is 4.24. The van der Waals surface area contributed by atoms with Crippen LogP contribution in [-0.2, 0) is 0 Å². The van der Waals surface area contributed by atoms with Crippen LogP contribution in [0.4, 0.5) is 0 Å².